The van der Waals surface area contributed by atoms with Gasteiger partial charge in [0.15, 0.2) is 0 Å². The van der Waals surface area contributed by atoms with Crippen molar-refractivity contribution in [2.45, 2.75) is 0 Å². The van der Waals surface area contributed by atoms with Crippen molar-refractivity contribution >= 4 is 37.7 Å². The molecule has 0 aliphatic heterocycles. The smallest absolute Gasteiger partial charge is 0.512 e. The summed E-state index contributed by atoms with van der Waals surface area (Å²) in [4.78, 5) is 0. The van der Waals surface area contributed by atoms with Crippen LogP contribution in [-0.2, 0) is 17.1 Å². The van der Waals surface area contributed by atoms with Crippen molar-refractivity contribution in [3.8, 4) is 0 Å². The van der Waals surface area contributed by atoms with Gasteiger partial charge >= 0.3 is 158 Å². The van der Waals surface area contributed by atoms with E-state index in [4.69, 9.17) is 71.0 Å². The monoisotopic (exact) mass is 330 g/mol. The fourth-order valence-corrected chi connectivity index (χ4v) is 0. The Kier molecular flexibility index (Phi) is 5570. The molecule has 6 nitrogen and oxygen atoms in total. The van der Waals surface area contributed by atoms with Gasteiger partial charge in [-0.1, -0.05) is 0 Å². The van der Waals surface area contributed by atoms with Crippen LogP contribution < -0.4 is 103 Å². The maximum atomic E-state index is 6.25. The quantitative estimate of drug-likeness (QED) is 0.320. The van der Waals surface area contributed by atoms with E-state index in [0.717, 1.165) is 0 Å². The van der Waals surface area contributed by atoms with E-state index in [9.17, 15) is 0 Å². The van der Waals surface area contributed by atoms with E-state index in [1.54, 1.807) is 0 Å². The van der Waals surface area contributed by atoms with Gasteiger partial charge in [0, 0.05) is 0 Å². The van der Waals surface area contributed by atoms with Crippen LogP contribution in [0.5, 0.6) is 0 Å². The van der Waals surface area contributed by atoms with E-state index in [1.165, 1.54) is 0 Å². The van der Waals surface area contributed by atoms with Gasteiger partial charge in [0.1, 0.15) is 0 Å². The Morgan fingerprint density at radius 2 is 0.375 bits per heavy atom. The Hall–Kier alpha value is 1.99. The predicted molar refractivity (Wildman–Crippen MR) is 35.6 cm³/mol. The zero-order valence-corrected chi connectivity index (χ0v) is 18.3. The fraction of sp³-hybridized carbons (Fsp3) is 0. The Morgan fingerprint density at radius 1 is 0.375 bits per heavy atom. The average molecular weight is 330 g/mol. The van der Waals surface area contributed by atoms with Gasteiger partial charge in [0.25, 0.3) is 0 Å². The first-order valence-electron chi connectivity index (χ1n) is 1.34. The van der Waals surface area contributed by atoms with Gasteiger partial charge in [-0.15, -0.1) is 0 Å². The number of rotatable bonds is 0. The van der Waals surface area contributed by atoms with E-state index < -0.39 is 0 Å². The third kappa shape index (κ3) is 906. The maximum Gasteiger partial charge on any atom is 2.00 e. The van der Waals surface area contributed by atoms with Crippen LogP contribution in [0, 0.1) is 71.0 Å². The topological polar surface area (TPSA) is 143 Å². The minimum atomic E-state index is 0. The van der Waals surface area contributed by atoms with Crippen molar-refractivity contribution in [1.29, 1.82) is 31.6 Å². The van der Waals surface area contributed by atoms with Crippen LogP contribution in [0.4, 0.5) is 0 Å². The molecule has 66 valence electrons. The molecule has 0 rings (SSSR count). The summed E-state index contributed by atoms with van der Waals surface area (Å²) in [6.45, 7) is 28.5. The molecule has 0 heterocycles. The van der Waals surface area contributed by atoms with Gasteiger partial charge in [0.05, 0.1) is 0 Å². The van der Waals surface area contributed by atoms with Gasteiger partial charge in [-0.3, -0.25) is 0 Å². The molecule has 0 radical (unpaired) electrons. The first-order chi connectivity index (χ1) is 6.00. The molecule has 0 aliphatic rings. The van der Waals surface area contributed by atoms with E-state index in [1.807, 2.05) is 0 Å². The van der Waals surface area contributed by atoms with Crippen molar-refractivity contribution in [3.63, 3.8) is 0 Å². The summed E-state index contributed by atoms with van der Waals surface area (Å²) in [5.41, 5.74) is 0. The van der Waals surface area contributed by atoms with Crippen LogP contribution in [-0.4, -0.2) is 37.7 Å². The van der Waals surface area contributed by atoms with Gasteiger partial charge in [0.2, 0.25) is 0 Å². The zero-order chi connectivity index (χ0) is 12.0. The van der Waals surface area contributed by atoms with Gasteiger partial charge in [-0.05, 0) is 0 Å². The number of nitrogens with zero attached hydrogens (tertiary/aromatic N) is 6. The third-order valence-electron chi connectivity index (χ3n) is 0. The molecule has 0 aromatic rings. The summed E-state index contributed by atoms with van der Waals surface area (Å²) in [6.07, 6.45) is 0. The van der Waals surface area contributed by atoms with Crippen LogP contribution in [0.3, 0.4) is 0 Å². The number of hydrogen-bond acceptors (Lipinski definition) is 6. The summed E-state index contributed by atoms with van der Waals surface area (Å²) in [6, 6.07) is 0. The van der Waals surface area contributed by atoms with Crippen molar-refractivity contribution in [3.05, 3.63) is 39.4 Å². The molecule has 16 heavy (non-hydrogen) atoms. The summed E-state index contributed by atoms with van der Waals surface area (Å²) in [7, 11) is 0. The molecule has 0 N–H and O–H groups in total. The molecule has 0 aliphatic carbocycles. The van der Waals surface area contributed by atoms with Crippen LogP contribution >= 0.6 is 0 Å². The third-order valence-corrected chi connectivity index (χ3v) is 0. The molecule has 0 aromatic heterocycles. The molecule has 0 saturated carbocycles. The average Bonchev–Trinajstić information content (AvgIpc) is 2.33. The summed E-state index contributed by atoms with van der Waals surface area (Å²) >= 11 is 0. The molecule has 0 atom stereocenters. The van der Waals surface area contributed by atoms with E-state index in [2.05, 4.69) is 0 Å². The van der Waals surface area contributed by atoms with Gasteiger partial charge in [-0.25, -0.2) is 0 Å². The molecular weight excluding hydrogens is 330 g/mol. The van der Waals surface area contributed by atoms with Crippen molar-refractivity contribution in [1.82, 2.24) is 0 Å². The fourth-order valence-electron chi connectivity index (χ4n) is 0. The van der Waals surface area contributed by atoms with E-state index >= 15 is 0 Å². The maximum absolute atomic E-state index is 6.25. The second-order valence-electron chi connectivity index (χ2n) is 0. The normalized spacial score (nSPS) is 0.750. The Balaban J connectivity index is -0.00000000321. The first-order valence-corrected chi connectivity index (χ1v) is 1.34. The minimum absolute atomic E-state index is 0. The Morgan fingerprint density at radius 3 is 0.375 bits per heavy atom. The molecule has 0 amide bonds. The van der Waals surface area contributed by atoms with Crippen molar-refractivity contribution < 1.29 is 120 Å². The minimum Gasteiger partial charge on any atom is -0.512 e. The summed E-state index contributed by atoms with van der Waals surface area (Å²) in [5, 5.41) is 37.5. The molecule has 10 heteroatoms. The molecule has 0 bridgehead atoms. The van der Waals surface area contributed by atoms with E-state index in [-0.39, 0.29) is 158 Å². The molecule has 0 spiro atoms. The standard InChI is InChI=1S/6CN.Ca.Fe.2K/c6*1-2;;;;/q6*-1;2*+2;2*+1. The molecule has 0 aromatic carbocycles. The first kappa shape index (κ1) is 81.3. The molecule has 0 fully saturated rings. The molecule has 0 unspecified atom stereocenters. The van der Waals surface area contributed by atoms with Gasteiger partial charge < -0.3 is 71.0 Å². The van der Waals surface area contributed by atoms with Crippen LogP contribution in [0.2, 0.25) is 0 Å². The zero-order valence-electron chi connectivity index (χ0n) is 8.74. The van der Waals surface area contributed by atoms with Crippen LogP contribution in [0.25, 0.3) is 0 Å². The second kappa shape index (κ2) is 1100. The van der Waals surface area contributed by atoms with Crippen molar-refractivity contribution in [2.24, 2.45) is 0 Å². The molecule has 0 saturated heterocycles. The second-order valence-corrected chi connectivity index (χ2v) is 0. The Bertz CT molecular complexity index is 106. The summed E-state index contributed by atoms with van der Waals surface area (Å²) in [5.74, 6) is 0. The van der Waals surface area contributed by atoms with Crippen LogP contribution in [0.15, 0.2) is 0 Å². The summed E-state index contributed by atoms with van der Waals surface area (Å²) < 4.78 is 0. The SMILES string of the molecule is [C-]#N.[C-]#N.[C-]#N.[C-]#N.[C-]#N.[C-]#N.[Ca+2].[Fe+2].[K+].[K+]. The van der Waals surface area contributed by atoms with Crippen LogP contribution in [0.1, 0.15) is 0 Å². The predicted octanol–water partition coefficient (Wildman–Crippen LogP) is -5.80. The van der Waals surface area contributed by atoms with Gasteiger partial charge in [-0.2, -0.15) is 0 Å². The van der Waals surface area contributed by atoms with E-state index in [0.29, 0.717) is 0 Å². The Labute approximate surface area is 223 Å². The molecular formula is C6CaFeK2N6. The van der Waals surface area contributed by atoms with Crippen molar-refractivity contribution in [2.75, 3.05) is 0 Å². The largest absolute Gasteiger partial charge is 2.00 e. The number of hydrogen-bond donors (Lipinski definition) is 0.